The zero-order valence-corrected chi connectivity index (χ0v) is 6.12. The monoisotopic (exact) mass is 264 g/mol. The molecule has 5 heavy (non-hydrogen) atoms. The summed E-state index contributed by atoms with van der Waals surface area (Å²) in [4.78, 5) is 9.74. The molecule has 0 aliphatic carbocycles. The molecule has 1 nitrogen and oxygen atoms in total. The number of hydrogen-bond donors (Lipinski definition) is 0. The summed E-state index contributed by atoms with van der Waals surface area (Å²) in [7, 11) is 0. The van der Waals surface area contributed by atoms with Crippen LogP contribution >= 0.6 is 0 Å². The van der Waals surface area contributed by atoms with E-state index in [0.717, 1.165) is 24.7 Å². The predicted molar refractivity (Wildman–Crippen MR) is 21.0 cm³/mol. The van der Waals surface area contributed by atoms with Crippen molar-refractivity contribution in [3.05, 3.63) is 12.7 Å². The van der Waals surface area contributed by atoms with Gasteiger partial charge in [0, 0.05) is 0 Å². The van der Waals surface area contributed by atoms with E-state index in [4.69, 9.17) is 0 Å². The van der Waals surface area contributed by atoms with E-state index < -0.39 is 0 Å². The van der Waals surface area contributed by atoms with E-state index in [1.807, 2.05) is 0 Å². The minimum atomic E-state index is 0.130. The second-order valence-electron chi connectivity index (χ2n) is 0.542. The molecule has 0 aliphatic heterocycles. The van der Waals surface area contributed by atoms with E-state index in [9.17, 15) is 4.79 Å². The molecule has 0 bridgehead atoms. The summed E-state index contributed by atoms with van der Waals surface area (Å²) in [5, 5.41) is 0. The first-order chi connectivity index (χ1) is 2.27. The Morgan fingerprint density at radius 2 is 2.20 bits per heavy atom. The normalized spacial score (nSPS) is 6.60. The fraction of sp³-hybridized carbons (Fsp3) is 0. The van der Waals surface area contributed by atoms with E-state index in [-0.39, 0.29) is 3.49 Å². The number of allylic oxidation sites excluding steroid dienone is 1. The maximum absolute atomic E-state index is 9.74. The Morgan fingerprint density at radius 1 is 2.00 bits per heavy atom. The minimum absolute atomic E-state index is 0.130. The Bertz CT molecular complexity index is 57.9. The van der Waals surface area contributed by atoms with Crippen molar-refractivity contribution < 1.29 is 4.79 Å². The van der Waals surface area contributed by atoms with Crippen molar-refractivity contribution >= 4 is 28.2 Å². The van der Waals surface area contributed by atoms with Crippen LogP contribution in [0.15, 0.2) is 12.7 Å². The van der Waals surface area contributed by atoms with Gasteiger partial charge >= 0.3 is 45.7 Å². The molecular weight excluding hydrogens is 261 g/mol. The third kappa shape index (κ3) is 4.29. The molecular formula is C3H3BiO. The summed E-state index contributed by atoms with van der Waals surface area (Å²) >= 11 is 0.783. The van der Waals surface area contributed by atoms with Crippen LogP contribution in [0.4, 0.5) is 0 Å². The molecule has 26 valence electrons. The van der Waals surface area contributed by atoms with E-state index in [1.54, 1.807) is 0 Å². The van der Waals surface area contributed by atoms with Gasteiger partial charge in [0.2, 0.25) is 0 Å². The molecule has 0 aromatic heterocycles. The van der Waals surface area contributed by atoms with Crippen LogP contribution in [0.3, 0.4) is 0 Å². The molecule has 0 N–H and O–H groups in total. The molecule has 0 unspecified atom stereocenters. The van der Waals surface area contributed by atoms with Gasteiger partial charge in [-0.15, -0.1) is 0 Å². The molecule has 0 fully saturated rings. The average Bonchev–Trinajstić information content (AvgIpc) is 1.38. The van der Waals surface area contributed by atoms with Crippen molar-refractivity contribution in [3.8, 4) is 0 Å². The fourth-order valence-corrected chi connectivity index (χ4v) is 0. The predicted octanol–water partition coefficient (Wildman–Crippen LogP) is -0.133. The van der Waals surface area contributed by atoms with Crippen LogP contribution in [0.25, 0.3) is 0 Å². The molecule has 0 spiro atoms. The van der Waals surface area contributed by atoms with Crippen molar-refractivity contribution in [1.29, 1.82) is 0 Å². The van der Waals surface area contributed by atoms with Gasteiger partial charge < -0.3 is 0 Å². The molecule has 0 aromatic rings. The molecule has 2 heteroatoms. The van der Waals surface area contributed by atoms with Crippen molar-refractivity contribution in [1.82, 2.24) is 0 Å². The zero-order chi connectivity index (χ0) is 4.28. The number of hydrogen-bond acceptors (Lipinski definition) is 1. The first-order valence-corrected chi connectivity index (χ1v) is 2.86. The van der Waals surface area contributed by atoms with Gasteiger partial charge in [-0.3, -0.25) is 0 Å². The second-order valence-corrected chi connectivity index (χ2v) is 2.26. The number of rotatable bonds is 1. The average molecular weight is 264 g/mol. The zero-order valence-electron chi connectivity index (χ0n) is 2.64. The Balaban J connectivity index is 3.20. The molecule has 0 atom stereocenters. The van der Waals surface area contributed by atoms with E-state index in [1.165, 1.54) is 6.08 Å². The van der Waals surface area contributed by atoms with Crippen LogP contribution in [0, 0.1) is 0 Å². The van der Waals surface area contributed by atoms with Crippen molar-refractivity contribution in [2.45, 2.75) is 0 Å². The van der Waals surface area contributed by atoms with Crippen molar-refractivity contribution in [2.75, 3.05) is 0 Å². The molecule has 0 saturated heterocycles. The summed E-state index contributed by atoms with van der Waals surface area (Å²) in [6.45, 7) is 3.24. The molecule has 0 heterocycles. The van der Waals surface area contributed by atoms with Crippen molar-refractivity contribution in [3.63, 3.8) is 0 Å². The molecule has 0 aliphatic rings. The topological polar surface area (TPSA) is 17.1 Å². The standard InChI is InChI=1S/C3H3O.Bi/c1-2-3-4;/h2H,1H2;. The van der Waals surface area contributed by atoms with Gasteiger partial charge in [0.25, 0.3) is 0 Å². The SMILES string of the molecule is C=C[C](=O)[Bi]. The van der Waals surface area contributed by atoms with Crippen LogP contribution in [-0.2, 0) is 4.79 Å². The van der Waals surface area contributed by atoms with Crippen molar-refractivity contribution in [2.24, 2.45) is 0 Å². The summed E-state index contributed by atoms with van der Waals surface area (Å²) in [5.74, 6) is 0. The summed E-state index contributed by atoms with van der Waals surface area (Å²) in [6.07, 6.45) is 1.33. The van der Waals surface area contributed by atoms with E-state index in [2.05, 4.69) is 6.58 Å². The van der Waals surface area contributed by atoms with Gasteiger partial charge in [-0.1, -0.05) is 0 Å². The summed E-state index contributed by atoms with van der Waals surface area (Å²) in [5.41, 5.74) is 0. The van der Waals surface area contributed by atoms with Crippen LogP contribution in [0.1, 0.15) is 0 Å². The number of carbonyl (C=O) groups excluding carboxylic acids is 1. The third-order valence-corrected chi connectivity index (χ3v) is 0.884. The maximum atomic E-state index is 9.74. The first-order valence-electron chi connectivity index (χ1n) is 1.12. The van der Waals surface area contributed by atoms with Crippen LogP contribution < -0.4 is 0 Å². The van der Waals surface area contributed by atoms with Crippen LogP contribution in [0.5, 0.6) is 0 Å². The molecule has 0 aromatic carbocycles. The molecule has 0 amide bonds. The van der Waals surface area contributed by atoms with Crippen LogP contribution in [-0.4, -0.2) is 28.2 Å². The van der Waals surface area contributed by atoms with Gasteiger partial charge in [-0.2, -0.15) is 0 Å². The Hall–Kier alpha value is 0.293. The molecule has 0 saturated carbocycles. The Kier molecular flexibility index (Phi) is 2.67. The van der Waals surface area contributed by atoms with E-state index in [0.29, 0.717) is 0 Å². The quantitative estimate of drug-likeness (QED) is 0.476. The van der Waals surface area contributed by atoms with Gasteiger partial charge in [0.1, 0.15) is 0 Å². The Morgan fingerprint density at radius 3 is 2.20 bits per heavy atom. The summed E-state index contributed by atoms with van der Waals surface area (Å²) in [6, 6.07) is 0. The molecule has 0 rings (SSSR count). The second kappa shape index (κ2) is 2.53. The Labute approximate surface area is 45.9 Å². The van der Waals surface area contributed by atoms with Gasteiger partial charge in [-0.05, 0) is 0 Å². The first kappa shape index (κ1) is 5.29. The van der Waals surface area contributed by atoms with E-state index >= 15 is 0 Å². The number of carbonyl (C=O) groups is 1. The summed E-state index contributed by atoms with van der Waals surface area (Å²) < 4.78 is 0.130. The van der Waals surface area contributed by atoms with Gasteiger partial charge in [-0.25, -0.2) is 0 Å². The fourth-order valence-electron chi connectivity index (χ4n) is 0. The molecule has 2 radical (unpaired) electrons. The third-order valence-electron chi connectivity index (χ3n) is 0.175. The van der Waals surface area contributed by atoms with Gasteiger partial charge in [0.05, 0.1) is 0 Å². The van der Waals surface area contributed by atoms with Crippen LogP contribution in [0.2, 0.25) is 0 Å². The van der Waals surface area contributed by atoms with Gasteiger partial charge in [0.15, 0.2) is 0 Å².